The van der Waals surface area contributed by atoms with Crippen molar-refractivity contribution >= 4 is 6.03 Å². The lowest BCUT2D eigenvalue weighted by atomic mass is 9.78. The van der Waals surface area contributed by atoms with Gasteiger partial charge >= 0.3 is 6.03 Å². The van der Waals surface area contributed by atoms with Crippen LogP contribution in [0.15, 0.2) is 0 Å². The Bertz CT molecular complexity index is 659. The highest BCUT2D eigenvalue weighted by Crippen LogP contribution is 2.40. The number of urea groups is 1. The van der Waals surface area contributed by atoms with E-state index in [4.69, 9.17) is 6.42 Å². The zero-order valence-corrected chi connectivity index (χ0v) is 20.7. The number of hydrogen-bond acceptors (Lipinski definition) is 3. The van der Waals surface area contributed by atoms with Gasteiger partial charge in [-0.05, 0) is 87.5 Å². The Labute approximate surface area is 189 Å². The molecule has 1 N–H and O–H groups in total. The molecule has 2 fully saturated rings. The maximum Gasteiger partial charge on any atom is 0.317 e. The normalized spacial score (nSPS) is 26.2. The van der Waals surface area contributed by atoms with Gasteiger partial charge in [-0.25, -0.2) is 4.79 Å². The van der Waals surface area contributed by atoms with Gasteiger partial charge in [0.2, 0.25) is 0 Å². The summed E-state index contributed by atoms with van der Waals surface area (Å²) in [4.78, 5) is 15.4. The van der Waals surface area contributed by atoms with Gasteiger partial charge in [0.05, 0.1) is 0 Å². The molecule has 0 saturated carbocycles. The first-order valence-electron chi connectivity index (χ1n) is 11.5. The van der Waals surface area contributed by atoms with Crippen molar-refractivity contribution < 1.29 is 15.2 Å². The number of hydrogen-bond donors (Lipinski definition) is 1. The Balaban J connectivity index is 2.22. The average Bonchev–Trinajstić information content (AvgIpc) is 2.60. The van der Waals surface area contributed by atoms with E-state index in [0.717, 1.165) is 6.42 Å². The Kier molecular flexibility index (Phi) is 7.44. The minimum Gasteiger partial charge on any atom is -0.335 e. The molecule has 0 atom stereocenters. The van der Waals surface area contributed by atoms with Crippen LogP contribution in [0.5, 0.6) is 0 Å². The van der Waals surface area contributed by atoms with Crippen LogP contribution >= 0.6 is 0 Å². The SMILES string of the molecule is C#CCCCN(C(=O)NC1CC(C)(C)N([O])C(C)(C)C1)C1CC(C)(C)N([O])C(C)(C)C1. The third-order valence-electron chi connectivity index (χ3n) is 6.91. The number of carbonyl (C=O) groups excluding carboxylic acids is 1. The molecule has 0 aliphatic carbocycles. The molecular weight excluding hydrogens is 392 g/mol. The predicted molar refractivity (Wildman–Crippen MR) is 121 cm³/mol. The van der Waals surface area contributed by atoms with Gasteiger partial charge in [-0.2, -0.15) is 0 Å². The zero-order valence-electron chi connectivity index (χ0n) is 20.7. The number of hydroxylamine groups is 4. The Morgan fingerprint density at radius 2 is 1.32 bits per heavy atom. The summed E-state index contributed by atoms with van der Waals surface area (Å²) < 4.78 is 0. The number of rotatable bonds is 5. The van der Waals surface area contributed by atoms with E-state index in [9.17, 15) is 15.2 Å². The van der Waals surface area contributed by atoms with Gasteiger partial charge in [0.25, 0.3) is 0 Å². The van der Waals surface area contributed by atoms with Crippen molar-refractivity contribution in [2.45, 2.75) is 128 Å². The van der Waals surface area contributed by atoms with Crippen LogP contribution in [0.4, 0.5) is 4.79 Å². The number of carbonyl (C=O) groups is 1. The summed E-state index contributed by atoms with van der Waals surface area (Å²) in [5.41, 5.74) is -2.22. The van der Waals surface area contributed by atoms with Crippen LogP contribution < -0.4 is 5.32 Å². The van der Waals surface area contributed by atoms with Crippen molar-refractivity contribution in [1.82, 2.24) is 20.3 Å². The van der Waals surface area contributed by atoms with Crippen molar-refractivity contribution in [3.63, 3.8) is 0 Å². The fraction of sp³-hybridized carbons (Fsp3) is 0.875. The summed E-state index contributed by atoms with van der Waals surface area (Å²) in [5, 5.41) is 31.0. The molecule has 0 spiro atoms. The van der Waals surface area contributed by atoms with Crippen LogP contribution in [0.2, 0.25) is 0 Å². The number of unbranched alkanes of at least 4 members (excludes halogenated alkanes) is 1. The maximum absolute atomic E-state index is 13.5. The van der Waals surface area contributed by atoms with Gasteiger partial charge in [-0.3, -0.25) is 0 Å². The standard InChI is InChI=1S/C24H42N4O3/c1-10-11-12-13-26(19-16-23(6,7)28(31)24(8,9)17-19)20(29)25-18-14-21(2,3)27(30)22(4,5)15-18/h1,18-19H,11-17H2,2-9H3,(H,25,29). The van der Waals surface area contributed by atoms with E-state index in [-0.39, 0.29) is 18.1 Å². The molecule has 31 heavy (non-hydrogen) atoms. The lowest BCUT2D eigenvalue weighted by Crippen LogP contribution is -2.65. The number of nitrogens with zero attached hydrogens (tertiary/aromatic N) is 3. The van der Waals surface area contributed by atoms with E-state index < -0.39 is 22.2 Å². The minimum absolute atomic E-state index is 0.0476. The van der Waals surface area contributed by atoms with Crippen molar-refractivity contribution in [3.8, 4) is 12.3 Å². The van der Waals surface area contributed by atoms with Gasteiger partial charge in [0, 0.05) is 47.2 Å². The quantitative estimate of drug-likeness (QED) is 0.522. The smallest absolute Gasteiger partial charge is 0.317 e. The highest BCUT2D eigenvalue weighted by molar-refractivity contribution is 5.75. The molecule has 7 nitrogen and oxygen atoms in total. The maximum atomic E-state index is 13.5. The lowest BCUT2D eigenvalue weighted by Gasteiger charge is -2.53. The van der Waals surface area contributed by atoms with Crippen LogP contribution in [-0.4, -0.2) is 61.8 Å². The summed E-state index contributed by atoms with van der Waals surface area (Å²) in [6, 6.07) is -0.254. The zero-order chi connectivity index (χ0) is 23.8. The second-order valence-corrected chi connectivity index (χ2v) is 12.0. The third kappa shape index (κ3) is 5.73. The van der Waals surface area contributed by atoms with Crippen molar-refractivity contribution in [3.05, 3.63) is 0 Å². The van der Waals surface area contributed by atoms with Crippen LogP contribution in [0.25, 0.3) is 0 Å². The first kappa shape index (κ1) is 25.9. The molecule has 2 amide bonds. The predicted octanol–water partition coefficient (Wildman–Crippen LogP) is 4.15. The number of piperidine rings is 2. The first-order valence-corrected chi connectivity index (χ1v) is 11.5. The van der Waals surface area contributed by atoms with Crippen LogP contribution in [0, 0.1) is 12.3 Å². The lowest BCUT2D eigenvalue weighted by molar-refractivity contribution is -0.293. The van der Waals surface area contributed by atoms with E-state index >= 15 is 0 Å². The van der Waals surface area contributed by atoms with Gasteiger partial charge in [0.1, 0.15) is 0 Å². The van der Waals surface area contributed by atoms with Gasteiger partial charge in [0.15, 0.2) is 0 Å². The van der Waals surface area contributed by atoms with Crippen LogP contribution in [0.1, 0.15) is 93.9 Å². The van der Waals surface area contributed by atoms with E-state index in [2.05, 4.69) is 11.2 Å². The highest BCUT2D eigenvalue weighted by Gasteiger charge is 2.50. The van der Waals surface area contributed by atoms with Gasteiger partial charge < -0.3 is 10.2 Å². The first-order chi connectivity index (χ1) is 14.0. The molecule has 7 heteroatoms. The second-order valence-electron chi connectivity index (χ2n) is 12.0. The van der Waals surface area contributed by atoms with E-state index in [1.807, 2.05) is 60.3 Å². The van der Waals surface area contributed by atoms with Crippen molar-refractivity contribution in [2.24, 2.45) is 0 Å². The highest BCUT2D eigenvalue weighted by atomic mass is 16.5. The second kappa shape index (κ2) is 8.90. The molecule has 2 heterocycles. The molecule has 2 radical (unpaired) electrons. The monoisotopic (exact) mass is 434 g/mol. The van der Waals surface area contributed by atoms with Gasteiger partial charge in [-0.15, -0.1) is 32.9 Å². The van der Waals surface area contributed by atoms with Gasteiger partial charge in [-0.1, -0.05) is 0 Å². The fourth-order valence-electron chi connectivity index (χ4n) is 5.86. The molecular formula is C24H42N4O3. The Morgan fingerprint density at radius 1 is 0.903 bits per heavy atom. The Hall–Kier alpha value is -1.33. The molecule has 0 unspecified atom stereocenters. The summed E-state index contributed by atoms with van der Waals surface area (Å²) in [7, 11) is 0. The molecule has 0 aromatic heterocycles. The number of amides is 2. The van der Waals surface area contributed by atoms with E-state index in [1.54, 1.807) is 0 Å². The fourth-order valence-corrected chi connectivity index (χ4v) is 5.86. The molecule has 2 aliphatic heterocycles. The summed E-state index contributed by atoms with van der Waals surface area (Å²) in [6.07, 6.45) is 9.18. The van der Waals surface area contributed by atoms with Crippen LogP contribution in [0.3, 0.4) is 0 Å². The summed E-state index contributed by atoms with van der Waals surface area (Å²) in [5.74, 6) is 2.66. The minimum atomic E-state index is -0.561. The van der Waals surface area contributed by atoms with Crippen molar-refractivity contribution in [2.75, 3.05) is 6.54 Å². The third-order valence-corrected chi connectivity index (χ3v) is 6.91. The Morgan fingerprint density at radius 3 is 1.74 bits per heavy atom. The van der Waals surface area contributed by atoms with E-state index in [0.29, 0.717) is 38.6 Å². The van der Waals surface area contributed by atoms with E-state index in [1.165, 1.54) is 10.1 Å². The van der Waals surface area contributed by atoms with Crippen molar-refractivity contribution in [1.29, 1.82) is 0 Å². The topological polar surface area (TPSA) is 78.6 Å². The molecule has 176 valence electrons. The van der Waals surface area contributed by atoms with Crippen LogP contribution in [-0.2, 0) is 10.4 Å². The largest absolute Gasteiger partial charge is 0.335 e. The molecule has 2 saturated heterocycles. The summed E-state index contributed by atoms with van der Waals surface area (Å²) >= 11 is 0. The summed E-state index contributed by atoms with van der Waals surface area (Å²) in [6.45, 7) is 16.1. The molecule has 2 rings (SSSR count). The number of nitrogens with one attached hydrogen (secondary N) is 1. The molecule has 2 aliphatic rings. The molecule has 0 aromatic rings. The number of terminal acetylenes is 1. The molecule has 0 bridgehead atoms. The average molecular weight is 435 g/mol. The molecule has 0 aromatic carbocycles.